The zero-order valence-electron chi connectivity index (χ0n) is 18.1. The molecule has 4 aromatic rings. The zero-order chi connectivity index (χ0) is 23.2. The summed E-state index contributed by atoms with van der Waals surface area (Å²) in [5.41, 5.74) is 2.23. The summed E-state index contributed by atoms with van der Waals surface area (Å²) in [6.07, 6.45) is 3.18. The third-order valence-corrected chi connectivity index (χ3v) is 7.01. The van der Waals surface area contributed by atoms with Crippen molar-refractivity contribution in [3.8, 4) is 26.2 Å². The summed E-state index contributed by atoms with van der Waals surface area (Å²) in [6, 6.07) is 14.6. The molecule has 9 heteroatoms. The maximum atomic E-state index is 12.3. The van der Waals surface area contributed by atoms with E-state index in [1.165, 1.54) is 16.8 Å². The second-order valence-corrected chi connectivity index (χ2v) is 9.04. The average Bonchev–Trinajstić information content (AvgIpc) is 3.49. The number of methoxy groups -OCH3 is 1. The van der Waals surface area contributed by atoms with Gasteiger partial charge in [-0.2, -0.15) is 5.10 Å². The summed E-state index contributed by atoms with van der Waals surface area (Å²) in [4.78, 5) is 31.1. The molecule has 3 aromatic heterocycles. The van der Waals surface area contributed by atoms with Gasteiger partial charge in [-0.3, -0.25) is 9.59 Å². The van der Waals surface area contributed by atoms with E-state index in [1.54, 1.807) is 41.9 Å². The number of rotatable bonds is 8. The van der Waals surface area contributed by atoms with Crippen LogP contribution in [-0.4, -0.2) is 34.3 Å². The molecule has 0 unspecified atom stereocenters. The Bertz CT molecular complexity index is 1320. The molecule has 0 aliphatic heterocycles. The summed E-state index contributed by atoms with van der Waals surface area (Å²) in [7, 11) is 1.61. The molecule has 0 spiro atoms. The highest BCUT2D eigenvalue weighted by Gasteiger charge is 2.14. The van der Waals surface area contributed by atoms with Gasteiger partial charge in [-0.15, -0.1) is 22.7 Å². The number of hydrogen-bond donors (Lipinski definition) is 1. The Kier molecular flexibility index (Phi) is 7.11. The summed E-state index contributed by atoms with van der Waals surface area (Å²) in [6.45, 7) is 2.49. The molecule has 0 fully saturated rings. The van der Waals surface area contributed by atoms with Crippen molar-refractivity contribution >= 4 is 34.7 Å². The lowest BCUT2D eigenvalue weighted by Gasteiger charge is -2.07. The Balaban J connectivity index is 1.39. The van der Waals surface area contributed by atoms with Crippen LogP contribution in [0.25, 0.3) is 26.5 Å². The lowest BCUT2D eigenvalue weighted by Crippen LogP contribution is -2.31. The minimum atomic E-state index is -0.242. The normalized spacial score (nSPS) is 11.1. The van der Waals surface area contributed by atoms with Crippen LogP contribution in [0.3, 0.4) is 0 Å². The van der Waals surface area contributed by atoms with Crippen molar-refractivity contribution in [2.24, 2.45) is 0 Å². The Hall–Kier alpha value is -3.56. The van der Waals surface area contributed by atoms with Gasteiger partial charge in [-0.1, -0.05) is 18.2 Å². The quantitative estimate of drug-likeness (QED) is 0.383. The van der Waals surface area contributed by atoms with Gasteiger partial charge in [0.2, 0.25) is 5.91 Å². The molecule has 0 atom stereocenters. The van der Waals surface area contributed by atoms with E-state index in [0.717, 1.165) is 31.8 Å². The number of aryl methyl sites for hydroxylation is 1. The number of carbonyl (C=O) groups excluding carboxylic acids is 1. The van der Waals surface area contributed by atoms with Crippen LogP contribution in [0.1, 0.15) is 11.3 Å². The van der Waals surface area contributed by atoms with Crippen molar-refractivity contribution in [2.75, 3.05) is 13.7 Å². The van der Waals surface area contributed by atoms with Gasteiger partial charge < -0.3 is 10.1 Å². The second-order valence-electron chi connectivity index (χ2n) is 7.09. The van der Waals surface area contributed by atoms with Gasteiger partial charge in [0.1, 0.15) is 16.5 Å². The number of thiazole rings is 1. The molecular formula is C24H22N4O3S2. The number of carbonyl (C=O) groups is 1. The summed E-state index contributed by atoms with van der Waals surface area (Å²) in [5, 5.41) is 10.2. The third-order valence-electron chi connectivity index (χ3n) is 4.79. The summed E-state index contributed by atoms with van der Waals surface area (Å²) in [5.74, 6) is 0.516. The molecule has 1 aromatic carbocycles. The van der Waals surface area contributed by atoms with Gasteiger partial charge in [-0.05, 0) is 48.2 Å². The maximum absolute atomic E-state index is 12.3. The number of hydrogen-bond acceptors (Lipinski definition) is 7. The van der Waals surface area contributed by atoms with Crippen LogP contribution >= 0.6 is 22.7 Å². The summed E-state index contributed by atoms with van der Waals surface area (Å²) >= 11 is 3.19. The van der Waals surface area contributed by atoms with Crippen LogP contribution in [0, 0.1) is 6.92 Å². The maximum Gasteiger partial charge on any atom is 0.266 e. The summed E-state index contributed by atoms with van der Waals surface area (Å²) < 4.78 is 6.49. The number of thiophene rings is 1. The molecule has 1 N–H and O–H groups in total. The van der Waals surface area contributed by atoms with Gasteiger partial charge in [0.25, 0.3) is 5.56 Å². The van der Waals surface area contributed by atoms with Crippen LogP contribution in [0.4, 0.5) is 0 Å². The molecule has 4 rings (SSSR count). The van der Waals surface area contributed by atoms with Crippen molar-refractivity contribution in [1.29, 1.82) is 0 Å². The highest BCUT2D eigenvalue weighted by molar-refractivity contribution is 7.23. The standard InChI is InChI=1S/C24H22N4O3S2/c1-16-23(33-24(26-16)20-4-3-15-32-20)19-10-12-22(30)28(27-19)14-13-25-21(29)11-7-17-5-8-18(31-2)9-6-17/h3-12,15H,13-14H2,1-2H3,(H,25,29)/b11-7+. The van der Waals surface area contributed by atoms with E-state index in [0.29, 0.717) is 5.69 Å². The highest BCUT2D eigenvalue weighted by Crippen LogP contribution is 2.35. The van der Waals surface area contributed by atoms with Crippen LogP contribution in [0.5, 0.6) is 5.75 Å². The fraction of sp³-hybridized carbons (Fsp3) is 0.167. The first-order valence-corrected chi connectivity index (χ1v) is 11.9. The number of benzene rings is 1. The first-order chi connectivity index (χ1) is 16.0. The lowest BCUT2D eigenvalue weighted by molar-refractivity contribution is -0.116. The molecule has 0 aliphatic rings. The van der Waals surface area contributed by atoms with Crippen molar-refractivity contribution < 1.29 is 9.53 Å². The monoisotopic (exact) mass is 478 g/mol. The first kappa shape index (κ1) is 22.6. The molecule has 33 heavy (non-hydrogen) atoms. The van der Waals surface area contributed by atoms with Crippen molar-refractivity contribution in [3.05, 3.63) is 81.6 Å². The molecule has 7 nitrogen and oxygen atoms in total. The molecule has 0 aliphatic carbocycles. The minimum absolute atomic E-state index is 0.220. The van der Waals surface area contributed by atoms with Crippen molar-refractivity contribution in [2.45, 2.75) is 13.5 Å². The first-order valence-electron chi connectivity index (χ1n) is 10.2. The largest absolute Gasteiger partial charge is 0.497 e. The van der Waals surface area contributed by atoms with Gasteiger partial charge in [0.05, 0.1) is 29.1 Å². The van der Waals surface area contributed by atoms with E-state index in [4.69, 9.17) is 4.74 Å². The molecule has 0 saturated carbocycles. The molecule has 0 saturated heterocycles. The molecule has 1 amide bonds. The van der Waals surface area contributed by atoms with Gasteiger partial charge in [-0.25, -0.2) is 9.67 Å². The van der Waals surface area contributed by atoms with Gasteiger partial charge in [0, 0.05) is 18.7 Å². The minimum Gasteiger partial charge on any atom is -0.497 e. The SMILES string of the molecule is COc1ccc(/C=C/C(=O)NCCn2nc(-c3sc(-c4cccs4)nc3C)ccc2=O)cc1. The van der Waals surface area contributed by atoms with Crippen LogP contribution < -0.4 is 15.6 Å². The fourth-order valence-corrected chi connectivity index (χ4v) is 4.93. The van der Waals surface area contributed by atoms with E-state index < -0.39 is 0 Å². The van der Waals surface area contributed by atoms with E-state index in [9.17, 15) is 9.59 Å². The molecule has 3 heterocycles. The van der Waals surface area contributed by atoms with E-state index in [2.05, 4.69) is 15.4 Å². The molecule has 0 bridgehead atoms. The Morgan fingerprint density at radius 1 is 1.18 bits per heavy atom. The van der Waals surface area contributed by atoms with Crippen LogP contribution in [-0.2, 0) is 11.3 Å². The topological polar surface area (TPSA) is 86.1 Å². The Labute approximate surface area is 199 Å². The molecule has 168 valence electrons. The van der Waals surface area contributed by atoms with Crippen molar-refractivity contribution in [1.82, 2.24) is 20.1 Å². The number of nitrogens with zero attached hydrogens (tertiary/aromatic N) is 3. The van der Waals surface area contributed by atoms with E-state index >= 15 is 0 Å². The number of ether oxygens (including phenoxy) is 1. The van der Waals surface area contributed by atoms with Gasteiger partial charge >= 0.3 is 0 Å². The predicted octanol–water partition coefficient (Wildman–Crippen LogP) is 4.24. The third kappa shape index (κ3) is 5.63. The van der Waals surface area contributed by atoms with Crippen LogP contribution in [0.2, 0.25) is 0 Å². The fourth-order valence-electron chi connectivity index (χ4n) is 3.10. The zero-order valence-corrected chi connectivity index (χ0v) is 19.8. The van der Waals surface area contributed by atoms with Gasteiger partial charge in [0.15, 0.2) is 0 Å². The Morgan fingerprint density at radius 2 is 2.00 bits per heavy atom. The molecule has 0 radical (unpaired) electrons. The number of nitrogens with one attached hydrogen (secondary N) is 1. The predicted molar refractivity (Wildman–Crippen MR) is 133 cm³/mol. The lowest BCUT2D eigenvalue weighted by atomic mass is 10.2. The Morgan fingerprint density at radius 3 is 2.73 bits per heavy atom. The number of aromatic nitrogens is 3. The number of amides is 1. The highest BCUT2D eigenvalue weighted by atomic mass is 32.1. The average molecular weight is 479 g/mol. The van der Waals surface area contributed by atoms with E-state index in [1.807, 2.05) is 48.7 Å². The van der Waals surface area contributed by atoms with Crippen LogP contribution in [0.15, 0.2) is 64.8 Å². The van der Waals surface area contributed by atoms with Crippen molar-refractivity contribution in [3.63, 3.8) is 0 Å². The molecular weight excluding hydrogens is 456 g/mol. The van der Waals surface area contributed by atoms with E-state index in [-0.39, 0.29) is 24.6 Å². The smallest absolute Gasteiger partial charge is 0.266 e. The second kappa shape index (κ2) is 10.4.